The highest BCUT2D eigenvalue weighted by Gasteiger charge is 2.18. The molecule has 0 aromatic carbocycles. The van der Waals surface area contributed by atoms with Crippen LogP contribution in [0.4, 0.5) is 0 Å². The van der Waals surface area contributed by atoms with Crippen LogP contribution in [0.1, 0.15) is 65.7 Å². The smallest absolute Gasteiger partial charge is 0.305 e. The molecule has 0 rings (SSSR count). The summed E-state index contributed by atoms with van der Waals surface area (Å²) < 4.78 is 0. The van der Waals surface area contributed by atoms with Gasteiger partial charge >= 0.3 is 5.97 Å². The summed E-state index contributed by atoms with van der Waals surface area (Å²) in [5.41, 5.74) is 0. The van der Waals surface area contributed by atoms with Crippen molar-refractivity contribution < 1.29 is 14.7 Å². The third kappa shape index (κ3) is 9.02. The van der Waals surface area contributed by atoms with Gasteiger partial charge in [-0.3, -0.25) is 9.59 Å². The molecule has 0 aliphatic rings. The second-order valence-corrected chi connectivity index (χ2v) is 5.18. The van der Waals surface area contributed by atoms with Crippen LogP contribution < -0.4 is 5.32 Å². The van der Waals surface area contributed by atoms with E-state index in [0.29, 0.717) is 6.42 Å². The summed E-state index contributed by atoms with van der Waals surface area (Å²) in [6.45, 7) is 6.01. The summed E-state index contributed by atoms with van der Waals surface area (Å²) in [6.07, 6.45) is 6.06. The van der Waals surface area contributed by atoms with E-state index in [4.69, 9.17) is 5.11 Å². The monoisotopic (exact) mass is 257 g/mol. The topological polar surface area (TPSA) is 66.4 Å². The van der Waals surface area contributed by atoms with E-state index in [0.717, 1.165) is 12.8 Å². The summed E-state index contributed by atoms with van der Waals surface area (Å²) in [5.74, 6) is -0.742. The van der Waals surface area contributed by atoms with Gasteiger partial charge in [0.05, 0.1) is 6.42 Å². The zero-order valence-corrected chi connectivity index (χ0v) is 11.9. The van der Waals surface area contributed by atoms with E-state index in [2.05, 4.69) is 12.2 Å². The third-order valence-electron chi connectivity index (χ3n) is 3.05. The van der Waals surface area contributed by atoms with Gasteiger partial charge in [0.2, 0.25) is 5.91 Å². The molecule has 0 bridgehead atoms. The molecule has 1 atom stereocenters. The molecule has 0 aromatic rings. The number of hydrogen-bond donors (Lipinski definition) is 2. The lowest BCUT2D eigenvalue weighted by Gasteiger charge is -2.20. The summed E-state index contributed by atoms with van der Waals surface area (Å²) in [7, 11) is 0. The van der Waals surface area contributed by atoms with Crippen molar-refractivity contribution >= 4 is 11.9 Å². The molecule has 0 aromatic heterocycles. The maximum atomic E-state index is 11.7. The van der Waals surface area contributed by atoms with Crippen molar-refractivity contribution in [1.82, 2.24) is 5.32 Å². The lowest BCUT2D eigenvalue weighted by Crippen LogP contribution is -2.39. The van der Waals surface area contributed by atoms with Crippen molar-refractivity contribution in [2.24, 2.45) is 5.92 Å². The number of unbranched alkanes of at least 4 members (excludes halogenated alkanes) is 4. The van der Waals surface area contributed by atoms with Crippen molar-refractivity contribution in [3.05, 3.63) is 0 Å². The van der Waals surface area contributed by atoms with Gasteiger partial charge in [0, 0.05) is 12.5 Å². The van der Waals surface area contributed by atoms with Crippen LogP contribution in [0.2, 0.25) is 0 Å². The Bertz CT molecular complexity index is 251. The van der Waals surface area contributed by atoms with Crippen LogP contribution in [-0.2, 0) is 9.59 Å². The van der Waals surface area contributed by atoms with E-state index in [1.54, 1.807) is 0 Å². The molecule has 0 spiro atoms. The molecule has 1 amide bonds. The van der Waals surface area contributed by atoms with Crippen molar-refractivity contribution in [3.63, 3.8) is 0 Å². The van der Waals surface area contributed by atoms with Gasteiger partial charge in [0.25, 0.3) is 0 Å². The minimum Gasteiger partial charge on any atom is -0.481 e. The minimum atomic E-state index is -0.864. The number of rotatable bonds is 10. The molecule has 0 saturated carbocycles. The van der Waals surface area contributed by atoms with Gasteiger partial charge in [-0.25, -0.2) is 0 Å². The maximum absolute atomic E-state index is 11.7. The Morgan fingerprint density at radius 3 is 2.22 bits per heavy atom. The number of hydrogen-bond acceptors (Lipinski definition) is 2. The Hall–Kier alpha value is -1.06. The van der Waals surface area contributed by atoms with E-state index in [1.165, 1.54) is 19.3 Å². The fourth-order valence-corrected chi connectivity index (χ4v) is 1.81. The second kappa shape index (κ2) is 9.92. The first-order valence-electron chi connectivity index (χ1n) is 6.98. The molecule has 0 fully saturated rings. The van der Waals surface area contributed by atoms with Crippen molar-refractivity contribution in [2.45, 2.75) is 71.8 Å². The first-order chi connectivity index (χ1) is 8.47. The predicted octanol–water partition coefficient (Wildman–Crippen LogP) is 2.96. The normalized spacial score (nSPS) is 12.4. The van der Waals surface area contributed by atoms with Gasteiger partial charge in [-0.1, -0.05) is 46.5 Å². The first kappa shape index (κ1) is 16.9. The number of carboxylic acids is 1. The third-order valence-corrected chi connectivity index (χ3v) is 3.05. The predicted molar refractivity (Wildman–Crippen MR) is 72.4 cm³/mol. The maximum Gasteiger partial charge on any atom is 0.305 e. The molecule has 0 heterocycles. The van der Waals surface area contributed by atoms with Crippen LogP contribution in [0.15, 0.2) is 0 Å². The van der Waals surface area contributed by atoms with E-state index in [-0.39, 0.29) is 24.3 Å². The van der Waals surface area contributed by atoms with E-state index >= 15 is 0 Å². The molecule has 4 heteroatoms. The fraction of sp³-hybridized carbons (Fsp3) is 0.857. The largest absolute Gasteiger partial charge is 0.481 e. The highest BCUT2D eigenvalue weighted by molar-refractivity contribution is 5.77. The molecule has 2 N–H and O–H groups in total. The van der Waals surface area contributed by atoms with Crippen molar-refractivity contribution in [3.8, 4) is 0 Å². The Labute approximate surface area is 110 Å². The lowest BCUT2D eigenvalue weighted by atomic mass is 10.0. The molecule has 0 saturated heterocycles. The number of carbonyl (C=O) groups excluding carboxylic acids is 1. The Balaban J connectivity index is 3.84. The zero-order chi connectivity index (χ0) is 14.0. The average molecular weight is 257 g/mol. The van der Waals surface area contributed by atoms with Crippen LogP contribution in [0.5, 0.6) is 0 Å². The molecular formula is C14H27NO3. The lowest BCUT2D eigenvalue weighted by molar-refractivity contribution is -0.138. The SMILES string of the molecule is CCCCCCCC(=O)NC(CC(=O)O)C(C)C. The molecule has 1 unspecified atom stereocenters. The van der Waals surface area contributed by atoms with Gasteiger partial charge < -0.3 is 10.4 Å². The molecule has 18 heavy (non-hydrogen) atoms. The molecule has 0 aliphatic carbocycles. The van der Waals surface area contributed by atoms with Crippen LogP contribution in [0.25, 0.3) is 0 Å². The van der Waals surface area contributed by atoms with Crippen LogP contribution in [-0.4, -0.2) is 23.0 Å². The minimum absolute atomic E-state index is 0.000753. The zero-order valence-electron chi connectivity index (χ0n) is 11.9. The van der Waals surface area contributed by atoms with Gasteiger partial charge in [-0.15, -0.1) is 0 Å². The summed E-state index contributed by atoms with van der Waals surface area (Å²) >= 11 is 0. The second-order valence-electron chi connectivity index (χ2n) is 5.18. The first-order valence-corrected chi connectivity index (χ1v) is 6.98. The Kier molecular flexibility index (Phi) is 9.33. The summed E-state index contributed by atoms with van der Waals surface area (Å²) in [5, 5.41) is 11.6. The standard InChI is InChI=1S/C14H27NO3/c1-4-5-6-7-8-9-13(16)15-12(11(2)3)10-14(17)18/h11-12H,4-10H2,1-3H3,(H,15,16)(H,17,18). The summed E-state index contributed by atoms with van der Waals surface area (Å²) in [4.78, 5) is 22.3. The molecule has 0 aliphatic heterocycles. The molecular weight excluding hydrogens is 230 g/mol. The fourth-order valence-electron chi connectivity index (χ4n) is 1.81. The Morgan fingerprint density at radius 2 is 1.72 bits per heavy atom. The van der Waals surface area contributed by atoms with E-state index < -0.39 is 5.97 Å². The molecule has 0 radical (unpaired) electrons. The van der Waals surface area contributed by atoms with Gasteiger partial charge in [0.15, 0.2) is 0 Å². The van der Waals surface area contributed by atoms with Crippen LogP contribution in [0, 0.1) is 5.92 Å². The van der Waals surface area contributed by atoms with E-state index in [9.17, 15) is 9.59 Å². The van der Waals surface area contributed by atoms with Gasteiger partial charge in [-0.2, -0.15) is 0 Å². The molecule has 4 nitrogen and oxygen atoms in total. The van der Waals surface area contributed by atoms with Gasteiger partial charge in [0.1, 0.15) is 0 Å². The number of carbonyl (C=O) groups is 2. The van der Waals surface area contributed by atoms with Crippen molar-refractivity contribution in [1.29, 1.82) is 0 Å². The van der Waals surface area contributed by atoms with Crippen LogP contribution in [0.3, 0.4) is 0 Å². The van der Waals surface area contributed by atoms with Gasteiger partial charge in [-0.05, 0) is 12.3 Å². The highest BCUT2D eigenvalue weighted by atomic mass is 16.4. The summed E-state index contributed by atoms with van der Waals surface area (Å²) in [6, 6.07) is -0.259. The highest BCUT2D eigenvalue weighted by Crippen LogP contribution is 2.08. The number of nitrogens with one attached hydrogen (secondary N) is 1. The number of aliphatic carboxylic acids is 1. The average Bonchev–Trinajstić information content (AvgIpc) is 2.27. The molecule has 106 valence electrons. The van der Waals surface area contributed by atoms with Crippen LogP contribution >= 0.6 is 0 Å². The quantitative estimate of drug-likeness (QED) is 0.591. The number of carboxylic acid groups (broad SMARTS) is 1. The Morgan fingerprint density at radius 1 is 1.11 bits per heavy atom. The number of amides is 1. The van der Waals surface area contributed by atoms with Crippen molar-refractivity contribution in [2.75, 3.05) is 0 Å². The van der Waals surface area contributed by atoms with E-state index in [1.807, 2.05) is 13.8 Å².